The van der Waals surface area contributed by atoms with E-state index in [1.54, 1.807) is 24.3 Å². The first-order valence-electron chi connectivity index (χ1n) is 4.99. The van der Waals surface area contributed by atoms with Crippen LogP contribution in [-0.2, 0) is 0 Å². The van der Waals surface area contributed by atoms with E-state index in [0.29, 0.717) is 17.5 Å². The van der Waals surface area contributed by atoms with Crippen LogP contribution in [0.1, 0.15) is 41.6 Å². The average molecular weight is 210 g/mol. The normalized spacial score (nSPS) is 23.3. The highest BCUT2D eigenvalue weighted by molar-refractivity contribution is 5.94. The molecule has 1 fully saturated rings. The van der Waals surface area contributed by atoms with Gasteiger partial charge in [0.15, 0.2) is 5.78 Å². The second-order valence-electron chi connectivity index (χ2n) is 4.03. The Balaban J connectivity index is 2.21. The van der Waals surface area contributed by atoms with Gasteiger partial charge in [-0.1, -0.05) is 24.3 Å². The maximum atomic E-state index is 13.1. The Morgan fingerprint density at radius 2 is 1.93 bits per heavy atom. The van der Waals surface area contributed by atoms with Gasteiger partial charge in [0.2, 0.25) is 0 Å². The van der Waals surface area contributed by atoms with Crippen molar-refractivity contribution in [2.45, 2.75) is 31.6 Å². The number of alkyl halides is 2. The number of hydrogen-bond donors (Lipinski definition) is 0. The molecule has 80 valence electrons. The Morgan fingerprint density at radius 3 is 2.27 bits per heavy atom. The van der Waals surface area contributed by atoms with E-state index in [9.17, 15) is 13.6 Å². The molecule has 1 atom stereocenters. The summed E-state index contributed by atoms with van der Waals surface area (Å²) in [6, 6.07) is 6.50. The van der Waals surface area contributed by atoms with Gasteiger partial charge in [-0.3, -0.25) is 4.79 Å². The SMILES string of the molecule is CC(=O)c1ccc(C2CCC2(F)F)cc1. The summed E-state index contributed by atoms with van der Waals surface area (Å²) >= 11 is 0. The van der Waals surface area contributed by atoms with Crippen molar-refractivity contribution in [2.24, 2.45) is 0 Å². The summed E-state index contributed by atoms with van der Waals surface area (Å²) < 4.78 is 26.2. The zero-order chi connectivity index (χ0) is 11.1. The smallest absolute Gasteiger partial charge is 0.254 e. The minimum absolute atomic E-state index is 0.0217. The summed E-state index contributed by atoms with van der Waals surface area (Å²) in [6.07, 6.45) is 0.512. The Bertz CT molecular complexity index is 381. The van der Waals surface area contributed by atoms with Crippen molar-refractivity contribution in [1.29, 1.82) is 0 Å². The van der Waals surface area contributed by atoms with Crippen LogP contribution in [-0.4, -0.2) is 11.7 Å². The van der Waals surface area contributed by atoms with Crippen molar-refractivity contribution in [3.63, 3.8) is 0 Å². The molecule has 1 aliphatic rings. The third kappa shape index (κ3) is 1.78. The fourth-order valence-corrected chi connectivity index (χ4v) is 1.87. The lowest BCUT2D eigenvalue weighted by atomic mass is 9.76. The molecule has 0 N–H and O–H groups in total. The third-order valence-electron chi connectivity index (χ3n) is 3.00. The summed E-state index contributed by atoms with van der Waals surface area (Å²) in [5.41, 5.74) is 1.21. The molecule has 0 spiro atoms. The van der Waals surface area contributed by atoms with Crippen LogP contribution < -0.4 is 0 Å². The molecule has 1 saturated carbocycles. The fraction of sp³-hybridized carbons (Fsp3) is 0.417. The van der Waals surface area contributed by atoms with E-state index in [4.69, 9.17) is 0 Å². The van der Waals surface area contributed by atoms with Gasteiger partial charge in [0, 0.05) is 17.9 Å². The van der Waals surface area contributed by atoms with Crippen molar-refractivity contribution in [3.8, 4) is 0 Å². The zero-order valence-corrected chi connectivity index (χ0v) is 8.47. The molecule has 15 heavy (non-hydrogen) atoms. The van der Waals surface area contributed by atoms with Gasteiger partial charge < -0.3 is 0 Å². The van der Waals surface area contributed by atoms with Crippen molar-refractivity contribution in [3.05, 3.63) is 35.4 Å². The first-order valence-corrected chi connectivity index (χ1v) is 4.99. The molecule has 1 aromatic rings. The molecular formula is C12H12F2O. The molecular weight excluding hydrogens is 198 g/mol. The van der Waals surface area contributed by atoms with E-state index < -0.39 is 11.8 Å². The molecule has 1 aromatic carbocycles. The minimum atomic E-state index is -2.56. The Labute approximate surface area is 87.1 Å². The van der Waals surface area contributed by atoms with Gasteiger partial charge in [0.25, 0.3) is 5.92 Å². The highest BCUT2D eigenvalue weighted by atomic mass is 19.3. The predicted molar refractivity (Wildman–Crippen MR) is 53.4 cm³/mol. The van der Waals surface area contributed by atoms with Crippen molar-refractivity contribution >= 4 is 5.78 Å². The zero-order valence-electron chi connectivity index (χ0n) is 8.47. The largest absolute Gasteiger partial charge is 0.295 e. The van der Waals surface area contributed by atoms with Gasteiger partial charge in [0.05, 0.1) is 0 Å². The van der Waals surface area contributed by atoms with Crippen LogP contribution in [0.4, 0.5) is 8.78 Å². The van der Waals surface area contributed by atoms with Crippen LogP contribution in [0.15, 0.2) is 24.3 Å². The molecule has 0 bridgehead atoms. The number of carbonyl (C=O) groups is 1. The van der Waals surface area contributed by atoms with E-state index in [1.165, 1.54) is 6.92 Å². The summed E-state index contributed by atoms with van der Waals surface area (Å²) in [5, 5.41) is 0. The predicted octanol–water partition coefficient (Wildman–Crippen LogP) is 3.40. The molecule has 2 rings (SSSR count). The maximum absolute atomic E-state index is 13.1. The lowest BCUT2D eigenvalue weighted by Crippen LogP contribution is -2.36. The quantitative estimate of drug-likeness (QED) is 0.684. The van der Waals surface area contributed by atoms with Crippen LogP contribution in [0.5, 0.6) is 0 Å². The number of halogens is 2. The van der Waals surface area contributed by atoms with Gasteiger partial charge in [-0.15, -0.1) is 0 Å². The summed E-state index contributed by atoms with van der Waals surface area (Å²) in [5.74, 6) is -3.25. The van der Waals surface area contributed by atoms with E-state index >= 15 is 0 Å². The number of rotatable bonds is 2. The molecule has 0 aromatic heterocycles. The van der Waals surface area contributed by atoms with E-state index in [0.717, 1.165) is 0 Å². The van der Waals surface area contributed by atoms with Crippen LogP contribution >= 0.6 is 0 Å². The summed E-state index contributed by atoms with van der Waals surface area (Å²) in [7, 11) is 0. The second kappa shape index (κ2) is 3.40. The molecule has 1 nitrogen and oxygen atoms in total. The van der Waals surface area contributed by atoms with Gasteiger partial charge in [-0.05, 0) is 18.9 Å². The molecule has 3 heteroatoms. The van der Waals surface area contributed by atoms with Gasteiger partial charge >= 0.3 is 0 Å². The van der Waals surface area contributed by atoms with Crippen molar-refractivity contribution < 1.29 is 13.6 Å². The van der Waals surface area contributed by atoms with Gasteiger partial charge in [-0.25, -0.2) is 8.78 Å². The number of Topliss-reactive ketones (excluding diaryl/α,β-unsaturated/α-hetero) is 1. The van der Waals surface area contributed by atoms with Crippen LogP contribution in [0.2, 0.25) is 0 Å². The molecule has 1 unspecified atom stereocenters. The Morgan fingerprint density at radius 1 is 1.33 bits per heavy atom. The van der Waals surface area contributed by atoms with Crippen molar-refractivity contribution in [2.75, 3.05) is 0 Å². The molecule has 0 saturated heterocycles. The standard InChI is InChI=1S/C12H12F2O/c1-8(15)9-2-4-10(5-3-9)11-6-7-12(11,13)14/h2-5,11H,6-7H2,1H3. The average Bonchev–Trinajstić information content (AvgIpc) is 2.17. The Hall–Kier alpha value is -1.25. The monoisotopic (exact) mass is 210 g/mol. The highest BCUT2D eigenvalue weighted by Crippen LogP contribution is 2.49. The second-order valence-corrected chi connectivity index (χ2v) is 4.03. The maximum Gasteiger partial charge on any atom is 0.254 e. The lowest BCUT2D eigenvalue weighted by molar-refractivity contribution is -0.0962. The van der Waals surface area contributed by atoms with E-state index in [1.807, 2.05) is 0 Å². The fourth-order valence-electron chi connectivity index (χ4n) is 1.87. The van der Waals surface area contributed by atoms with Crippen molar-refractivity contribution in [1.82, 2.24) is 0 Å². The summed E-state index contributed by atoms with van der Waals surface area (Å²) in [4.78, 5) is 11.0. The Kier molecular flexibility index (Phi) is 2.33. The molecule has 0 radical (unpaired) electrons. The topological polar surface area (TPSA) is 17.1 Å². The van der Waals surface area contributed by atoms with Crippen LogP contribution in [0, 0.1) is 0 Å². The number of hydrogen-bond acceptors (Lipinski definition) is 1. The molecule has 0 aliphatic heterocycles. The lowest BCUT2D eigenvalue weighted by Gasteiger charge is -2.36. The molecule has 1 aliphatic carbocycles. The number of carbonyl (C=O) groups excluding carboxylic acids is 1. The number of ketones is 1. The van der Waals surface area contributed by atoms with E-state index in [-0.39, 0.29) is 12.2 Å². The third-order valence-corrected chi connectivity index (χ3v) is 3.00. The molecule has 0 heterocycles. The first-order chi connectivity index (χ1) is 7.00. The highest BCUT2D eigenvalue weighted by Gasteiger charge is 2.48. The van der Waals surface area contributed by atoms with Crippen LogP contribution in [0.25, 0.3) is 0 Å². The van der Waals surface area contributed by atoms with E-state index in [2.05, 4.69) is 0 Å². The van der Waals surface area contributed by atoms with Gasteiger partial charge in [-0.2, -0.15) is 0 Å². The first kappa shape index (κ1) is 10.3. The summed E-state index contributed by atoms with van der Waals surface area (Å²) in [6.45, 7) is 1.47. The minimum Gasteiger partial charge on any atom is -0.295 e. The number of benzene rings is 1. The van der Waals surface area contributed by atoms with Crippen LogP contribution in [0.3, 0.4) is 0 Å². The van der Waals surface area contributed by atoms with Gasteiger partial charge in [0.1, 0.15) is 0 Å². The molecule has 0 amide bonds.